The van der Waals surface area contributed by atoms with Crippen molar-refractivity contribution in [2.24, 2.45) is 0 Å². The molecule has 1 aliphatic rings. The average Bonchev–Trinajstić information content (AvgIpc) is 3.10. The summed E-state index contributed by atoms with van der Waals surface area (Å²) in [5, 5.41) is 12.9. The SMILES string of the molecule is FC(F)(F)c1nnc(N2CCC(c3ncn[nH]3)CC2)s1. The number of aromatic amines is 1. The van der Waals surface area contributed by atoms with Gasteiger partial charge >= 0.3 is 6.18 Å². The summed E-state index contributed by atoms with van der Waals surface area (Å²) < 4.78 is 37.5. The second-order valence-corrected chi connectivity index (χ2v) is 5.48. The summed E-state index contributed by atoms with van der Waals surface area (Å²) in [6.07, 6.45) is -1.36. The maximum Gasteiger partial charge on any atom is 0.445 e. The van der Waals surface area contributed by atoms with Gasteiger partial charge < -0.3 is 4.90 Å². The van der Waals surface area contributed by atoms with E-state index in [2.05, 4.69) is 25.4 Å². The van der Waals surface area contributed by atoms with Gasteiger partial charge in [0.05, 0.1) is 0 Å². The number of piperidine rings is 1. The van der Waals surface area contributed by atoms with Gasteiger partial charge in [-0.15, -0.1) is 10.2 Å². The van der Waals surface area contributed by atoms with Gasteiger partial charge in [-0.25, -0.2) is 4.98 Å². The fourth-order valence-corrected chi connectivity index (χ4v) is 2.98. The Bertz CT molecular complexity index is 558. The van der Waals surface area contributed by atoms with Crippen LogP contribution < -0.4 is 4.90 Å². The second kappa shape index (κ2) is 5.00. The lowest BCUT2D eigenvalue weighted by atomic mass is 9.96. The lowest BCUT2D eigenvalue weighted by Gasteiger charge is -2.30. The highest BCUT2D eigenvalue weighted by Gasteiger charge is 2.36. The Hall–Kier alpha value is -1.71. The molecular formula is C10H11F3N6S. The highest BCUT2D eigenvalue weighted by molar-refractivity contribution is 7.15. The molecule has 3 heterocycles. The monoisotopic (exact) mass is 304 g/mol. The summed E-state index contributed by atoms with van der Waals surface area (Å²) in [5.74, 6) is 1.10. The van der Waals surface area contributed by atoms with Crippen LogP contribution >= 0.6 is 11.3 Å². The number of aromatic nitrogens is 5. The van der Waals surface area contributed by atoms with Crippen LogP contribution in [0.2, 0.25) is 0 Å². The molecule has 1 aliphatic heterocycles. The summed E-state index contributed by atoms with van der Waals surface area (Å²) in [7, 11) is 0. The van der Waals surface area contributed by atoms with Crippen LogP contribution in [0.25, 0.3) is 0 Å². The number of hydrogen-bond acceptors (Lipinski definition) is 6. The summed E-state index contributed by atoms with van der Waals surface area (Å²) in [6, 6.07) is 0. The molecule has 3 rings (SSSR count). The third-order valence-corrected chi connectivity index (χ3v) is 4.27. The van der Waals surface area contributed by atoms with E-state index < -0.39 is 11.2 Å². The third kappa shape index (κ3) is 2.60. The first-order chi connectivity index (χ1) is 9.54. The molecule has 0 aromatic carbocycles. The third-order valence-electron chi connectivity index (χ3n) is 3.24. The number of halogens is 3. The van der Waals surface area contributed by atoms with Gasteiger partial charge in [0.2, 0.25) is 10.1 Å². The van der Waals surface area contributed by atoms with Gasteiger partial charge in [-0.05, 0) is 12.8 Å². The quantitative estimate of drug-likeness (QED) is 0.919. The van der Waals surface area contributed by atoms with Gasteiger partial charge in [-0.2, -0.15) is 18.3 Å². The first-order valence-electron chi connectivity index (χ1n) is 6.05. The minimum atomic E-state index is -4.42. The molecule has 1 N–H and O–H groups in total. The largest absolute Gasteiger partial charge is 0.445 e. The van der Waals surface area contributed by atoms with Gasteiger partial charge in [-0.1, -0.05) is 11.3 Å². The molecule has 2 aromatic rings. The summed E-state index contributed by atoms with van der Waals surface area (Å²) in [5.41, 5.74) is 0. The lowest BCUT2D eigenvalue weighted by Crippen LogP contribution is -2.33. The fraction of sp³-hybridized carbons (Fsp3) is 0.600. The van der Waals surface area contributed by atoms with E-state index in [4.69, 9.17) is 0 Å². The van der Waals surface area contributed by atoms with Crippen molar-refractivity contribution < 1.29 is 13.2 Å². The van der Waals surface area contributed by atoms with Crippen molar-refractivity contribution in [2.45, 2.75) is 24.9 Å². The minimum absolute atomic E-state index is 0.267. The smallest absolute Gasteiger partial charge is 0.347 e. The standard InChI is InChI=1S/C10H11F3N6S/c11-10(12,13)8-17-18-9(20-8)19-3-1-6(2-4-19)7-14-5-15-16-7/h5-6H,1-4H2,(H,14,15,16). The first-order valence-corrected chi connectivity index (χ1v) is 6.86. The molecule has 0 unspecified atom stereocenters. The Morgan fingerprint density at radius 2 is 2.00 bits per heavy atom. The molecule has 20 heavy (non-hydrogen) atoms. The molecule has 6 nitrogen and oxygen atoms in total. The van der Waals surface area contributed by atoms with Crippen molar-refractivity contribution in [3.05, 3.63) is 17.2 Å². The van der Waals surface area contributed by atoms with E-state index in [9.17, 15) is 13.2 Å². The minimum Gasteiger partial charge on any atom is -0.347 e. The van der Waals surface area contributed by atoms with Gasteiger partial charge in [0.1, 0.15) is 12.2 Å². The predicted molar refractivity (Wildman–Crippen MR) is 65.5 cm³/mol. The molecule has 0 bridgehead atoms. The molecule has 0 amide bonds. The van der Waals surface area contributed by atoms with Crippen molar-refractivity contribution in [2.75, 3.05) is 18.0 Å². The van der Waals surface area contributed by atoms with Crippen LogP contribution in [0, 0.1) is 0 Å². The van der Waals surface area contributed by atoms with Crippen LogP contribution in [0.3, 0.4) is 0 Å². The zero-order valence-corrected chi connectivity index (χ0v) is 11.1. The summed E-state index contributed by atoms with van der Waals surface area (Å²) in [4.78, 5) is 5.95. The van der Waals surface area contributed by atoms with E-state index in [1.54, 1.807) is 0 Å². The molecule has 0 spiro atoms. The zero-order valence-electron chi connectivity index (χ0n) is 10.3. The number of hydrogen-bond donors (Lipinski definition) is 1. The van der Waals surface area contributed by atoms with Crippen molar-refractivity contribution >= 4 is 16.5 Å². The average molecular weight is 304 g/mol. The molecule has 0 saturated carbocycles. The van der Waals surface area contributed by atoms with E-state index in [0.29, 0.717) is 29.6 Å². The number of rotatable bonds is 2. The van der Waals surface area contributed by atoms with E-state index in [-0.39, 0.29) is 5.92 Å². The van der Waals surface area contributed by atoms with E-state index in [1.165, 1.54) is 6.33 Å². The number of nitrogens with one attached hydrogen (secondary N) is 1. The molecule has 10 heteroatoms. The van der Waals surface area contributed by atoms with E-state index in [1.807, 2.05) is 4.90 Å². The lowest BCUT2D eigenvalue weighted by molar-refractivity contribution is -0.138. The number of anilines is 1. The molecule has 0 atom stereocenters. The Morgan fingerprint density at radius 1 is 1.25 bits per heavy atom. The van der Waals surface area contributed by atoms with Gasteiger partial charge in [0, 0.05) is 19.0 Å². The van der Waals surface area contributed by atoms with E-state index in [0.717, 1.165) is 18.7 Å². The van der Waals surface area contributed by atoms with E-state index >= 15 is 0 Å². The van der Waals surface area contributed by atoms with Crippen molar-refractivity contribution in [3.63, 3.8) is 0 Å². The zero-order chi connectivity index (χ0) is 14.2. The van der Waals surface area contributed by atoms with Crippen LogP contribution in [0.4, 0.5) is 18.3 Å². The van der Waals surface area contributed by atoms with Crippen molar-refractivity contribution in [3.8, 4) is 0 Å². The molecule has 0 aliphatic carbocycles. The number of H-pyrrole nitrogens is 1. The Labute approximate surface area is 116 Å². The molecule has 2 aromatic heterocycles. The molecule has 0 radical (unpaired) electrons. The number of nitrogens with zero attached hydrogens (tertiary/aromatic N) is 5. The number of alkyl halides is 3. The highest BCUT2D eigenvalue weighted by atomic mass is 32.1. The predicted octanol–water partition coefficient (Wildman–Crippen LogP) is 2.06. The molecule has 1 fully saturated rings. The molecule has 108 valence electrons. The van der Waals surface area contributed by atoms with Crippen LogP contribution in [0.5, 0.6) is 0 Å². The Balaban J connectivity index is 1.65. The summed E-state index contributed by atoms with van der Waals surface area (Å²) >= 11 is 0.588. The van der Waals surface area contributed by atoms with Gasteiger partial charge in [0.25, 0.3) is 0 Å². The van der Waals surface area contributed by atoms with Crippen molar-refractivity contribution in [1.29, 1.82) is 0 Å². The second-order valence-electron chi connectivity index (χ2n) is 4.52. The van der Waals surface area contributed by atoms with Crippen LogP contribution in [-0.4, -0.2) is 38.5 Å². The van der Waals surface area contributed by atoms with Crippen LogP contribution in [0.1, 0.15) is 29.6 Å². The fourth-order valence-electron chi connectivity index (χ4n) is 2.21. The van der Waals surface area contributed by atoms with Crippen LogP contribution in [-0.2, 0) is 6.18 Å². The Kier molecular flexibility index (Phi) is 3.32. The first kappa shape index (κ1) is 13.3. The normalized spacial score (nSPS) is 17.6. The highest BCUT2D eigenvalue weighted by Crippen LogP contribution is 2.36. The van der Waals surface area contributed by atoms with Crippen LogP contribution in [0.15, 0.2) is 6.33 Å². The summed E-state index contributed by atoms with van der Waals surface area (Å²) in [6.45, 7) is 1.27. The topological polar surface area (TPSA) is 70.6 Å². The Morgan fingerprint density at radius 3 is 2.55 bits per heavy atom. The molecular weight excluding hydrogens is 293 g/mol. The maximum atomic E-state index is 12.5. The van der Waals surface area contributed by atoms with Gasteiger partial charge in [-0.3, -0.25) is 5.10 Å². The van der Waals surface area contributed by atoms with Crippen molar-refractivity contribution in [1.82, 2.24) is 25.4 Å². The van der Waals surface area contributed by atoms with Gasteiger partial charge in [0.15, 0.2) is 0 Å². The molecule has 1 saturated heterocycles. The maximum absolute atomic E-state index is 12.5.